The van der Waals surface area contributed by atoms with Gasteiger partial charge in [0.25, 0.3) is 5.91 Å². The number of nitrogens with zero attached hydrogens (tertiary/aromatic N) is 4. The maximum Gasteiger partial charge on any atom is 0.253 e. The zero-order chi connectivity index (χ0) is 23.5. The highest BCUT2D eigenvalue weighted by Gasteiger charge is 2.25. The maximum absolute atomic E-state index is 14.0. The molecule has 0 atom stereocenters. The third-order valence-corrected chi connectivity index (χ3v) is 4.80. The fraction of sp³-hybridized carbons (Fsp3) is 0.238. The van der Waals surface area contributed by atoms with E-state index in [1.807, 2.05) is 0 Å². The monoisotopic (exact) mass is 394 g/mol. The van der Waals surface area contributed by atoms with Crippen molar-refractivity contribution < 1.29 is 14.7 Å². The number of amides is 1. The summed E-state index contributed by atoms with van der Waals surface area (Å²) in [6, 6.07) is 4.55. The Balaban J connectivity index is 1.60. The third kappa shape index (κ3) is 3.16. The number of rotatable bonds is 3. The molecule has 0 saturated heterocycles. The zero-order valence-corrected chi connectivity index (χ0v) is 15.5. The van der Waals surface area contributed by atoms with Gasteiger partial charge in [0, 0.05) is 34.0 Å². The van der Waals surface area contributed by atoms with Gasteiger partial charge in [0.2, 0.25) is 0 Å². The van der Waals surface area contributed by atoms with Gasteiger partial charge in [-0.25, -0.2) is 9.37 Å². The molecule has 3 aromatic rings. The van der Waals surface area contributed by atoms with E-state index in [9.17, 15) is 9.18 Å². The van der Waals surface area contributed by atoms with Crippen molar-refractivity contribution in [3.63, 3.8) is 0 Å². The molecule has 1 amide bonds. The van der Waals surface area contributed by atoms with E-state index in [1.54, 1.807) is 13.0 Å². The Labute approximate surface area is 172 Å². The molecule has 0 aliphatic carbocycles. The lowest BCUT2D eigenvalue weighted by Crippen LogP contribution is -2.32. The summed E-state index contributed by atoms with van der Waals surface area (Å²) in [4.78, 5) is 25.4. The summed E-state index contributed by atoms with van der Waals surface area (Å²) in [6.45, 7) is -2.61. The second-order valence-electron chi connectivity index (χ2n) is 6.79. The number of carbonyl (C=O) groups is 1. The third-order valence-electron chi connectivity index (χ3n) is 4.80. The Morgan fingerprint density at radius 1 is 1.31 bits per heavy atom. The summed E-state index contributed by atoms with van der Waals surface area (Å²) in [6.07, 6.45) is 3.72. The van der Waals surface area contributed by atoms with E-state index < -0.39 is 18.8 Å². The van der Waals surface area contributed by atoms with Crippen LogP contribution in [0, 0.1) is 12.7 Å². The summed E-state index contributed by atoms with van der Waals surface area (Å²) in [7, 11) is 0. The Kier molecular flexibility index (Phi) is 3.19. The van der Waals surface area contributed by atoms with Gasteiger partial charge in [-0.3, -0.25) is 14.8 Å². The van der Waals surface area contributed by atoms with E-state index in [1.165, 1.54) is 24.5 Å². The topological polar surface area (TPSA) is 83.0 Å². The molecule has 5 rings (SSSR count). The molecule has 2 aliphatic rings. The van der Waals surface area contributed by atoms with Gasteiger partial charge >= 0.3 is 0 Å². The van der Waals surface area contributed by atoms with Crippen LogP contribution in [-0.2, 0) is 19.5 Å². The number of fused-ring (bicyclic) bond motifs is 2. The van der Waals surface area contributed by atoms with E-state index in [4.69, 9.17) is 5.48 Å². The molecule has 5 heterocycles. The van der Waals surface area contributed by atoms with Crippen LogP contribution in [0.1, 0.15) is 38.4 Å². The van der Waals surface area contributed by atoms with Gasteiger partial charge in [0.1, 0.15) is 5.82 Å². The first-order valence-electron chi connectivity index (χ1n) is 11.0. The van der Waals surface area contributed by atoms with Crippen molar-refractivity contribution in [3.05, 3.63) is 70.7 Å². The van der Waals surface area contributed by atoms with Crippen molar-refractivity contribution in [2.24, 2.45) is 0 Å². The first-order valence-corrected chi connectivity index (χ1v) is 9.03. The molecule has 29 heavy (non-hydrogen) atoms. The molecule has 146 valence electrons. The van der Waals surface area contributed by atoms with E-state index in [0.29, 0.717) is 22.5 Å². The van der Waals surface area contributed by atoms with Crippen molar-refractivity contribution in [1.29, 1.82) is 0 Å². The molecule has 2 aliphatic heterocycles. The number of nitrogens with one attached hydrogen (secondary N) is 2. The van der Waals surface area contributed by atoms with Gasteiger partial charge in [0.15, 0.2) is 5.82 Å². The average molecular weight is 394 g/mol. The van der Waals surface area contributed by atoms with E-state index in [2.05, 4.69) is 25.6 Å². The lowest BCUT2D eigenvalue weighted by Gasteiger charge is -2.31. The molecule has 7 nitrogen and oxygen atoms in total. The van der Waals surface area contributed by atoms with Crippen molar-refractivity contribution in [1.82, 2.24) is 20.3 Å². The first-order chi connectivity index (χ1) is 15.6. The molecule has 0 radical (unpaired) electrons. The lowest BCUT2D eigenvalue weighted by molar-refractivity contribution is 0.0965. The molecule has 0 fully saturated rings. The highest BCUT2D eigenvalue weighted by atomic mass is 19.1. The van der Waals surface area contributed by atoms with E-state index in [-0.39, 0.29) is 41.6 Å². The Morgan fingerprint density at radius 3 is 3.07 bits per heavy atom. The van der Waals surface area contributed by atoms with Gasteiger partial charge in [-0.2, -0.15) is 0 Å². The number of halogens is 1. The van der Waals surface area contributed by atoms with Gasteiger partial charge in [-0.05, 0) is 36.2 Å². The number of hydrogen-bond donors (Lipinski definition) is 2. The van der Waals surface area contributed by atoms with Crippen LogP contribution in [0.25, 0.3) is 0 Å². The number of aryl methyl sites for hydroxylation is 2. The van der Waals surface area contributed by atoms with Crippen molar-refractivity contribution in [3.8, 4) is 0 Å². The van der Waals surface area contributed by atoms with Crippen molar-refractivity contribution in [2.75, 3.05) is 16.7 Å². The summed E-state index contributed by atoms with van der Waals surface area (Å²) >= 11 is 0. The molecule has 0 saturated carbocycles. The number of hydrogen-bond acceptors (Lipinski definition) is 6. The molecule has 0 unspecified atom stereocenters. The largest absolute Gasteiger partial charge is 0.352 e. The minimum atomic E-state index is -2.33. The van der Waals surface area contributed by atoms with Crippen molar-refractivity contribution in [2.45, 2.75) is 26.4 Å². The second-order valence-corrected chi connectivity index (χ2v) is 6.79. The van der Waals surface area contributed by atoms with Gasteiger partial charge in [0.05, 0.1) is 44.3 Å². The van der Waals surface area contributed by atoms with E-state index in [0.717, 1.165) is 11.1 Å². The molecular formula is C21H19FN6O. The number of carbonyl (C=O) groups excluding carboxylic acids is 1. The van der Waals surface area contributed by atoms with Gasteiger partial charge in [-0.1, -0.05) is 0 Å². The minimum Gasteiger partial charge on any atom is -0.352 e. The van der Waals surface area contributed by atoms with E-state index >= 15 is 0 Å². The number of anilines is 3. The van der Waals surface area contributed by atoms with Crippen LogP contribution in [-0.4, -0.2) is 27.4 Å². The Hall–Kier alpha value is -3.55. The Morgan fingerprint density at radius 2 is 2.21 bits per heavy atom. The fourth-order valence-corrected chi connectivity index (χ4v) is 3.33. The van der Waals surface area contributed by atoms with Crippen LogP contribution in [0.4, 0.5) is 21.6 Å². The molecule has 3 aromatic heterocycles. The Bertz CT molecular complexity index is 1300. The first kappa shape index (κ1) is 13.6. The van der Waals surface area contributed by atoms with Crippen LogP contribution >= 0.6 is 0 Å². The van der Waals surface area contributed by atoms with Gasteiger partial charge < -0.3 is 15.5 Å². The van der Waals surface area contributed by atoms with Crippen LogP contribution in [0.15, 0.2) is 36.8 Å². The fourth-order valence-electron chi connectivity index (χ4n) is 3.33. The standard InChI is InChI=1S/C21H19FN6O/c1-12-6-15-19(10-25-21(15)29)27-20(12)28-5-3-17-13(11-28)7-14(8-24-17)26-18-2-4-23-9-16(18)22/h2,4,6-9H,3,5,10-11H2,1H3,(H,23,26)(H,25,29)/i5D2,11D2. The van der Waals surface area contributed by atoms with Crippen molar-refractivity contribution >= 4 is 23.1 Å². The molecule has 0 spiro atoms. The van der Waals surface area contributed by atoms with Crippen LogP contribution in [0.3, 0.4) is 0 Å². The minimum absolute atomic E-state index is 0.115. The highest BCUT2D eigenvalue weighted by Crippen LogP contribution is 2.29. The van der Waals surface area contributed by atoms with Crippen LogP contribution < -0.4 is 15.5 Å². The maximum atomic E-state index is 14.0. The van der Waals surface area contributed by atoms with Crippen LogP contribution in [0.5, 0.6) is 0 Å². The van der Waals surface area contributed by atoms with Crippen LogP contribution in [0.2, 0.25) is 0 Å². The summed E-state index contributed by atoms with van der Waals surface area (Å²) in [5.41, 5.74) is 2.23. The SMILES string of the molecule is [2H]C1([2H])Cc2ncc(Nc3ccncc3F)cc2C([2H])([2H])N1c1nc2c(cc1C)C(=O)NC2. The molecule has 0 aromatic carbocycles. The normalized spacial score (nSPS) is 20.5. The summed E-state index contributed by atoms with van der Waals surface area (Å²) in [5, 5.41) is 5.54. The molecular weight excluding hydrogens is 371 g/mol. The molecule has 0 bridgehead atoms. The lowest BCUT2D eigenvalue weighted by atomic mass is 10.0. The molecule has 8 heteroatoms. The van der Waals surface area contributed by atoms with Gasteiger partial charge in [-0.15, -0.1) is 0 Å². The average Bonchev–Trinajstić information content (AvgIpc) is 3.09. The quantitative estimate of drug-likeness (QED) is 0.711. The predicted molar refractivity (Wildman–Crippen MR) is 107 cm³/mol. The highest BCUT2D eigenvalue weighted by molar-refractivity contribution is 5.98. The predicted octanol–water partition coefficient (Wildman–Crippen LogP) is 2.87. The summed E-state index contributed by atoms with van der Waals surface area (Å²) in [5.74, 6) is -0.716. The second kappa shape index (κ2) is 6.80. The number of pyridine rings is 3. The summed E-state index contributed by atoms with van der Waals surface area (Å²) < 4.78 is 49.0. The zero-order valence-electron chi connectivity index (χ0n) is 19.5. The molecule has 2 N–H and O–H groups in total. The smallest absolute Gasteiger partial charge is 0.253 e. The number of aromatic nitrogens is 3.